The summed E-state index contributed by atoms with van der Waals surface area (Å²) in [5, 5.41) is 7.10. The largest absolute Gasteiger partial charge is 0.312 e. The van der Waals surface area contributed by atoms with E-state index in [4.69, 9.17) is 0 Å². The first kappa shape index (κ1) is 15.4. The molecule has 0 amide bonds. The number of aromatic nitrogens is 1. The van der Waals surface area contributed by atoms with Crippen molar-refractivity contribution in [2.45, 2.75) is 52.1 Å². The average Bonchev–Trinajstić information content (AvgIpc) is 3.04. The van der Waals surface area contributed by atoms with Gasteiger partial charge in [-0.15, -0.1) is 11.3 Å². The minimum atomic E-state index is 0.242. The van der Waals surface area contributed by atoms with Crippen LogP contribution in [-0.2, 0) is 6.54 Å². The molecule has 3 rings (SSSR count). The van der Waals surface area contributed by atoms with Gasteiger partial charge < -0.3 is 5.32 Å². The lowest BCUT2D eigenvalue weighted by Gasteiger charge is -2.35. The van der Waals surface area contributed by atoms with Crippen LogP contribution in [0.2, 0.25) is 0 Å². The van der Waals surface area contributed by atoms with E-state index in [1.807, 2.05) is 6.20 Å². The number of hydrogen-bond acceptors (Lipinski definition) is 4. The van der Waals surface area contributed by atoms with E-state index in [1.54, 1.807) is 11.3 Å². The van der Waals surface area contributed by atoms with Crippen LogP contribution in [0.1, 0.15) is 45.0 Å². The molecule has 1 aromatic rings. The van der Waals surface area contributed by atoms with Gasteiger partial charge in [0.05, 0.1) is 6.54 Å². The molecular weight excluding hydrogens is 278 g/mol. The fourth-order valence-corrected chi connectivity index (χ4v) is 4.68. The molecule has 1 N–H and O–H groups in total. The number of nitrogens with zero attached hydrogens (tertiary/aromatic N) is 2. The maximum absolute atomic E-state index is 4.45. The van der Waals surface area contributed by atoms with E-state index in [-0.39, 0.29) is 5.54 Å². The Morgan fingerprint density at radius 3 is 2.90 bits per heavy atom. The van der Waals surface area contributed by atoms with Gasteiger partial charge in [0, 0.05) is 30.2 Å². The minimum absolute atomic E-state index is 0.242. The topological polar surface area (TPSA) is 28.2 Å². The molecule has 118 valence electrons. The first-order valence-corrected chi connectivity index (χ1v) is 9.25. The zero-order valence-corrected chi connectivity index (χ0v) is 14.5. The van der Waals surface area contributed by atoms with Gasteiger partial charge in [-0.1, -0.05) is 6.42 Å². The van der Waals surface area contributed by atoms with Crippen molar-refractivity contribution in [3.05, 3.63) is 16.6 Å². The fraction of sp³-hybridized carbons (Fsp3) is 0.824. The molecule has 0 bridgehead atoms. The summed E-state index contributed by atoms with van der Waals surface area (Å²) < 4.78 is 0. The Bertz CT molecular complexity index is 437. The predicted octanol–water partition coefficient (Wildman–Crippen LogP) is 3.38. The minimum Gasteiger partial charge on any atom is -0.312 e. The Balaban J connectivity index is 1.57. The molecule has 0 spiro atoms. The molecular formula is C17H29N3S. The van der Waals surface area contributed by atoms with Gasteiger partial charge in [-0.05, 0) is 57.9 Å². The molecule has 3 atom stereocenters. The number of hydrogen-bond donors (Lipinski definition) is 1. The van der Waals surface area contributed by atoms with Gasteiger partial charge in [0.2, 0.25) is 0 Å². The number of rotatable bonds is 4. The van der Waals surface area contributed by atoms with Crippen LogP contribution in [0, 0.1) is 17.8 Å². The standard InChI is InChI=1S/C17H29N3S/c1-17(2,3)19-9-13-5-4-6-14-10-20(11-15(13)14)12-16-18-7-8-21-16/h7-8,13-15,19H,4-6,9-12H2,1-3H3/t13-,14+,15-/m0/s1. The first-order chi connectivity index (χ1) is 10.0. The van der Waals surface area contributed by atoms with Crippen LogP contribution < -0.4 is 5.32 Å². The highest BCUT2D eigenvalue weighted by atomic mass is 32.1. The summed E-state index contributed by atoms with van der Waals surface area (Å²) >= 11 is 1.79. The fourth-order valence-electron chi connectivity index (χ4n) is 4.03. The predicted molar refractivity (Wildman–Crippen MR) is 89.5 cm³/mol. The summed E-state index contributed by atoms with van der Waals surface area (Å²) in [7, 11) is 0. The second-order valence-electron chi connectivity index (χ2n) is 7.87. The molecule has 2 heterocycles. The van der Waals surface area contributed by atoms with E-state index in [0.29, 0.717) is 0 Å². The highest BCUT2D eigenvalue weighted by molar-refractivity contribution is 7.09. The van der Waals surface area contributed by atoms with Crippen LogP contribution in [0.5, 0.6) is 0 Å². The van der Waals surface area contributed by atoms with Crippen LogP contribution in [0.4, 0.5) is 0 Å². The third kappa shape index (κ3) is 4.05. The summed E-state index contributed by atoms with van der Waals surface area (Å²) in [5.74, 6) is 2.68. The van der Waals surface area contributed by atoms with Gasteiger partial charge in [0.1, 0.15) is 5.01 Å². The van der Waals surface area contributed by atoms with E-state index in [2.05, 4.69) is 41.4 Å². The molecule has 2 fully saturated rings. The van der Waals surface area contributed by atoms with Crippen LogP contribution in [0.25, 0.3) is 0 Å². The zero-order chi connectivity index (χ0) is 14.9. The van der Waals surface area contributed by atoms with Crippen LogP contribution in [-0.4, -0.2) is 35.1 Å². The molecule has 3 nitrogen and oxygen atoms in total. The van der Waals surface area contributed by atoms with Crippen LogP contribution in [0.15, 0.2) is 11.6 Å². The third-order valence-electron chi connectivity index (χ3n) is 5.06. The smallest absolute Gasteiger partial charge is 0.107 e. The third-order valence-corrected chi connectivity index (χ3v) is 5.82. The van der Waals surface area contributed by atoms with Crippen LogP contribution in [0.3, 0.4) is 0 Å². The molecule has 1 saturated heterocycles. The number of thiazole rings is 1. The normalized spacial score (nSPS) is 30.5. The summed E-state index contributed by atoms with van der Waals surface area (Å²) in [6.07, 6.45) is 6.20. The summed E-state index contributed by atoms with van der Waals surface area (Å²) in [6.45, 7) is 11.6. The molecule has 0 unspecified atom stereocenters. The lowest BCUT2D eigenvalue weighted by atomic mass is 9.73. The molecule has 1 saturated carbocycles. The lowest BCUT2D eigenvalue weighted by molar-refractivity contribution is 0.182. The van der Waals surface area contributed by atoms with E-state index < -0.39 is 0 Å². The van der Waals surface area contributed by atoms with E-state index >= 15 is 0 Å². The van der Waals surface area contributed by atoms with E-state index in [0.717, 1.165) is 24.3 Å². The Hall–Kier alpha value is -0.450. The molecule has 0 aromatic carbocycles. The SMILES string of the molecule is CC(C)(C)NC[C@@H]1CCC[C@@H]2CN(Cc3nccs3)C[C@H]21. The average molecular weight is 308 g/mol. The van der Waals surface area contributed by atoms with Gasteiger partial charge in [-0.2, -0.15) is 0 Å². The Morgan fingerprint density at radius 1 is 1.33 bits per heavy atom. The maximum Gasteiger partial charge on any atom is 0.107 e. The second kappa shape index (κ2) is 6.35. The van der Waals surface area contributed by atoms with Crippen molar-refractivity contribution < 1.29 is 0 Å². The maximum atomic E-state index is 4.45. The van der Waals surface area contributed by atoms with Crippen molar-refractivity contribution in [2.24, 2.45) is 17.8 Å². The molecule has 0 radical (unpaired) electrons. The van der Waals surface area contributed by atoms with Crippen molar-refractivity contribution in [1.82, 2.24) is 15.2 Å². The molecule has 21 heavy (non-hydrogen) atoms. The monoisotopic (exact) mass is 307 g/mol. The van der Waals surface area contributed by atoms with Crippen molar-refractivity contribution in [3.8, 4) is 0 Å². The highest BCUT2D eigenvalue weighted by Crippen LogP contribution is 2.40. The van der Waals surface area contributed by atoms with E-state index in [1.165, 1.54) is 43.9 Å². The van der Waals surface area contributed by atoms with Gasteiger partial charge >= 0.3 is 0 Å². The molecule has 4 heteroatoms. The Morgan fingerprint density at radius 2 is 2.19 bits per heavy atom. The number of likely N-dealkylation sites (tertiary alicyclic amines) is 1. The van der Waals surface area contributed by atoms with Gasteiger partial charge in [-0.25, -0.2) is 4.98 Å². The Kier molecular flexibility index (Phi) is 4.67. The van der Waals surface area contributed by atoms with Crippen LogP contribution >= 0.6 is 11.3 Å². The van der Waals surface area contributed by atoms with Crippen molar-refractivity contribution in [3.63, 3.8) is 0 Å². The summed E-state index contributed by atoms with van der Waals surface area (Å²) in [6, 6.07) is 0. The van der Waals surface area contributed by atoms with Gasteiger partial charge in [0.15, 0.2) is 0 Å². The summed E-state index contributed by atoms with van der Waals surface area (Å²) in [4.78, 5) is 7.09. The quantitative estimate of drug-likeness (QED) is 0.924. The zero-order valence-electron chi connectivity index (χ0n) is 13.6. The van der Waals surface area contributed by atoms with Gasteiger partial charge in [-0.3, -0.25) is 4.90 Å². The van der Waals surface area contributed by atoms with Gasteiger partial charge in [0.25, 0.3) is 0 Å². The molecule has 1 aliphatic heterocycles. The lowest BCUT2D eigenvalue weighted by Crippen LogP contribution is -2.43. The number of nitrogens with one attached hydrogen (secondary N) is 1. The second-order valence-corrected chi connectivity index (χ2v) is 8.84. The van der Waals surface area contributed by atoms with Crippen molar-refractivity contribution in [2.75, 3.05) is 19.6 Å². The molecule has 1 aromatic heterocycles. The summed E-state index contributed by atoms with van der Waals surface area (Å²) in [5.41, 5.74) is 0.242. The van der Waals surface area contributed by atoms with E-state index in [9.17, 15) is 0 Å². The number of fused-ring (bicyclic) bond motifs is 1. The molecule has 2 aliphatic rings. The highest BCUT2D eigenvalue weighted by Gasteiger charge is 2.40. The van der Waals surface area contributed by atoms with Crippen molar-refractivity contribution in [1.29, 1.82) is 0 Å². The first-order valence-electron chi connectivity index (χ1n) is 8.37. The molecule has 1 aliphatic carbocycles. The Labute approximate surface area is 133 Å². The van der Waals surface area contributed by atoms with Crippen molar-refractivity contribution >= 4 is 11.3 Å².